The lowest BCUT2D eigenvalue weighted by Gasteiger charge is -2.26. The van der Waals surface area contributed by atoms with Crippen LogP contribution in [0.15, 0.2) is 59.6 Å². The van der Waals surface area contributed by atoms with Gasteiger partial charge in [0, 0.05) is 60.1 Å². The number of methoxy groups -OCH3 is 1. The summed E-state index contributed by atoms with van der Waals surface area (Å²) in [5.41, 5.74) is 2.70. The van der Waals surface area contributed by atoms with Gasteiger partial charge in [-0.2, -0.15) is 0 Å². The van der Waals surface area contributed by atoms with E-state index >= 15 is 0 Å². The third kappa shape index (κ3) is 5.90. The normalized spacial score (nSPS) is 16.9. The van der Waals surface area contributed by atoms with Gasteiger partial charge in [0.2, 0.25) is 5.92 Å². The van der Waals surface area contributed by atoms with Crippen molar-refractivity contribution >= 4 is 27.1 Å². The minimum atomic E-state index is -2.98. The second-order valence-corrected chi connectivity index (χ2v) is 11.4. The molecule has 10 heteroatoms. The molecule has 1 unspecified atom stereocenters. The van der Waals surface area contributed by atoms with Crippen molar-refractivity contribution in [3.05, 3.63) is 65.9 Å². The quantitative estimate of drug-likeness (QED) is 0.410. The topological polar surface area (TPSA) is 95.4 Å². The molecule has 2 N–H and O–H groups in total. The van der Waals surface area contributed by atoms with Crippen molar-refractivity contribution in [2.24, 2.45) is 0 Å². The van der Waals surface area contributed by atoms with Crippen LogP contribution in [-0.4, -0.2) is 47.5 Å². The molecule has 1 saturated heterocycles. The highest BCUT2D eigenvalue weighted by molar-refractivity contribution is 7.91. The highest BCUT2D eigenvalue weighted by Crippen LogP contribution is 2.37. The Hall–Kier alpha value is -3.53. The fourth-order valence-corrected chi connectivity index (χ4v) is 5.22. The number of aromatic nitrogens is 1. The SMILES string of the molecule is COc1ccccc1-c1cnc(N2CCCC(F)(F)CC2)c(C(=O)Nc2cccc(S(C)(=N)=O)c2)c1C. The van der Waals surface area contributed by atoms with Gasteiger partial charge < -0.3 is 15.0 Å². The number of ether oxygens (including phenoxy) is 1. The first-order valence-corrected chi connectivity index (χ1v) is 13.9. The van der Waals surface area contributed by atoms with Crippen LogP contribution >= 0.6 is 0 Å². The summed E-state index contributed by atoms with van der Waals surface area (Å²) in [6.07, 6.45) is 2.71. The van der Waals surface area contributed by atoms with E-state index < -0.39 is 21.6 Å². The van der Waals surface area contributed by atoms with E-state index in [4.69, 9.17) is 9.52 Å². The largest absolute Gasteiger partial charge is 0.496 e. The highest BCUT2D eigenvalue weighted by atomic mass is 32.2. The second-order valence-electron chi connectivity index (χ2n) is 9.22. The monoisotopic (exact) mass is 528 g/mol. The maximum Gasteiger partial charge on any atom is 0.259 e. The average Bonchev–Trinajstić information content (AvgIpc) is 3.03. The molecule has 0 spiro atoms. The zero-order valence-electron chi connectivity index (χ0n) is 21.0. The maximum atomic E-state index is 14.1. The molecule has 1 fully saturated rings. The predicted octanol–water partition coefficient (Wildman–Crippen LogP) is 5.98. The van der Waals surface area contributed by atoms with Crippen LogP contribution in [0.2, 0.25) is 0 Å². The van der Waals surface area contributed by atoms with Crippen molar-refractivity contribution in [2.75, 3.05) is 36.7 Å². The number of carbonyl (C=O) groups is 1. The molecule has 2 heterocycles. The molecule has 7 nitrogen and oxygen atoms in total. The van der Waals surface area contributed by atoms with Gasteiger partial charge in [-0.25, -0.2) is 22.8 Å². The molecular formula is C27H30F2N4O3S. The van der Waals surface area contributed by atoms with Crippen molar-refractivity contribution in [1.82, 2.24) is 4.98 Å². The Kier molecular flexibility index (Phi) is 7.49. The van der Waals surface area contributed by atoms with Crippen molar-refractivity contribution in [3.8, 4) is 16.9 Å². The number of hydrogen-bond donors (Lipinski definition) is 2. The van der Waals surface area contributed by atoms with Crippen LogP contribution in [0.25, 0.3) is 11.1 Å². The van der Waals surface area contributed by atoms with Gasteiger partial charge in [0.25, 0.3) is 5.91 Å². The van der Waals surface area contributed by atoms with Crippen LogP contribution < -0.4 is 15.0 Å². The van der Waals surface area contributed by atoms with Gasteiger partial charge in [0.15, 0.2) is 0 Å². The summed E-state index contributed by atoms with van der Waals surface area (Å²) < 4.78 is 53.8. The minimum Gasteiger partial charge on any atom is -0.496 e. The predicted molar refractivity (Wildman–Crippen MR) is 141 cm³/mol. The van der Waals surface area contributed by atoms with Gasteiger partial charge >= 0.3 is 0 Å². The van der Waals surface area contributed by atoms with E-state index in [0.717, 1.165) is 5.56 Å². The number of benzene rings is 2. The smallest absolute Gasteiger partial charge is 0.259 e. The van der Waals surface area contributed by atoms with E-state index in [1.165, 1.54) is 12.3 Å². The molecule has 0 radical (unpaired) electrons. The standard InChI is InChI=1S/C27H30F2N4O3S/c1-18-22(21-10-4-5-11-23(21)36-2)17-31-25(33-14-7-12-27(28,29)13-15-33)24(18)26(34)32-19-8-6-9-20(16-19)37(3,30)35/h4-6,8-11,16-17,30H,7,12-15H2,1-3H3,(H,32,34). The second kappa shape index (κ2) is 10.5. The number of hydrogen-bond acceptors (Lipinski definition) is 6. The third-order valence-electron chi connectivity index (χ3n) is 6.50. The number of pyridine rings is 1. The molecule has 3 aromatic rings. The van der Waals surface area contributed by atoms with Crippen LogP contribution in [0.3, 0.4) is 0 Å². The lowest BCUT2D eigenvalue weighted by molar-refractivity contribution is -0.0102. The first kappa shape index (κ1) is 26.5. The van der Waals surface area contributed by atoms with Crippen LogP contribution in [0.4, 0.5) is 20.3 Å². The zero-order valence-corrected chi connectivity index (χ0v) is 21.8. The van der Waals surface area contributed by atoms with Crippen molar-refractivity contribution in [2.45, 2.75) is 37.0 Å². The maximum absolute atomic E-state index is 14.1. The first-order chi connectivity index (χ1) is 17.5. The Labute approximate surface area is 215 Å². The molecule has 0 saturated carbocycles. The Morgan fingerprint density at radius 2 is 1.89 bits per heavy atom. The van der Waals surface area contributed by atoms with E-state index in [1.54, 1.807) is 43.3 Å². The van der Waals surface area contributed by atoms with Crippen LogP contribution in [-0.2, 0) is 9.73 Å². The van der Waals surface area contributed by atoms with Gasteiger partial charge in [0.05, 0.1) is 22.4 Å². The van der Waals surface area contributed by atoms with E-state index in [1.807, 2.05) is 24.3 Å². The molecule has 2 aromatic carbocycles. The summed E-state index contributed by atoms with van der Waals surface area (Å²) in [5.74, 6) is -2.28. The summed E-state index contributed by atoms with van der Waals surface area (Å²) >= 11 is 0. The van der Waals surface area contributed by atoms with E-state index in [2.05, 4.69) is 10.3 Å². The number of nitrogens with one attached hydrogen (secondary N) is 2. The molecule has 1 amide bonds. The molecule has 1 aliphatic heterocycles. The summed E-state index contributed by atoms with van der Waals surface area (Å²) in [4.78, 5) is 20.4. The van der Waals surface area contributed by atoms with Crippen molar-refractivity contribution in [3.63, 3.8) is 0 Å². The van der Waals surface area contributed by atoms with Gasteiger partial charge in [-0.1, -0.05) is 24.3 Å². The molecular weight excluding hydrogens is 498 g/mol. The molecule has 1 aliphatic rings. The lowest BCUT2D eigenvalue weighted by Crippen LogP contribution is -2.30. The number of para-hydroxylation sites is 1. The molecule has 4 rings (SSSR count). The van der Waals surface area contributed by atoms with Gasteiger partial charge in [-0.15, -0.1) is 0 Å². The Bertz CT molecular complexity index is 1430. The summed E-state index contributed by atoms with van der Waals surface area (Å²) in [6, 6.07) is 13.7. The number of amides is 1. The molecule has 1 atom stereocenters. The van der Waals surface area contributed by atoms with Crippen LogP contribution in [0.1, 0.15) is 35.2 Å². The third-order valence-corrected chi connectivity index (χ3v) is 7.66. The number of halogens is 2. The Morgan fingerprint density at radius 3 is 2.62 bits per heavy atom. The fourth-order valence-electron chi connectivity index (χ4n) is 4.53. The first-order valence-electron chi connectivity index (χ1n) is 11.9. The summed E-state index contributed by atoms with van der Waals surface area (Å²) in [5, 5.41) is 2.84. The zero-order chi connectivity index (χ0) is 26.8. The van der Waals surface area contributed by atoms with Crippen LogP contribution in [0.5, 0.6) is 5.75 Å². The van der Waals surface area contributed by atoms with E-state index in [-0.39, 0.29) is 36.3 Å². The average molecular weight is 529 g/mol. The molecule has 37 heavy (non-hydrogen) atoms. The number of carbonyl (C=O) groups excluding carboxylic acids is 1. The lowest BCUT2D eigenvalue weighted by atomic mass is 9.97. The minimum absolute atomic E-state index is 0.0694. The van der Waals surface area contributed by atoms with E-state index in [9.17, 15) is 17.8 Å². The van der Waals surface area contributed by atoms with Gasteiger partial charge in [0.1, 0.15) is 11.6 Å². The molecule has 196 valence electrons. The van der Waals surface area contributed by atoms with Crippen molar-refractivity contribution < 1.29 is 22.5 Å². The fraction of sp³-hybridized carbons (Fsp3) is 0.333. The molecule has 0 aliphatic carbocycles. The summed E-state index contributed by atoms with van der Waals surface area (Å²) in [7, 11) is -1.42. The van der Waals surface area contributed by atoms with E-state index in [0.29, 0.717) is 34.9 Å². The number of rotatable bonds is 6. The Balaban J connectivity index is 1.81. The van der Waals surface area contributed by atoms with Crippen LogP contribution in [0, 0.1) is 11.7 Å². The number of nitrogens with zero attached hydrogens (tertiary/aromatic N) is 2. The van der Waals surface area contributed by atoms with Crippen molar-refractivity contribution in [1.29, 1.82) is 4.78 Å². The summed E-state index contributed by atoms with van der Waals surface area (Å²) in [6.45, 7) is 2.22. The van der Waals surface area contributed by atoms with Gasteiger partial charge in [-0.05, 0) is 43.2 Å². The number of anilines is 2. The molecule has 0 bridgehead atoms. The Morgan fingerprint density at radius 1 is 1.14 bits per heavy atom. The number of alkyl halides is 2. The highest BCUT2D eigenvalue weighted by Gasteiger charge is 2.33. The van der Waals surface area contributed by atoms with Gasteiger partial charge in [-0.3, -0.25) is 4.79 Å². The molecule has 1 aromatic heterocycles.